The number of rotatable bonds is 3. The van der Waals surface area contributed by atoms with E-state index >= 15 is 0 Å². The number of thiophene rings is 1. The molecule has 0 atom stereocenters. The summed E-state index contributed by atoms with van der Waals surface area (Å²) in [5, 5.41) is 12.5. The zero-order chi connectivity index (χ0) is 12.7. The van der Waals surface area contributed by atoms with E-state index in [1.165, 1.54) is 35.5 Å². The molecule has 0 saturated heterocycles. The van der Waals surface area contributed by atoms with E-state index in [2.05, 4.69) is 47.4 Å². The summed E-state index contributed by atoms with van der Waals surface area (Å²) in [6.45, 7) is 0. The molecule has 0 bridgehead atoms. The van der Waals surface area contributed by atoms with Crippen molar-refractivity contribution >= 4 is 65.6 Å². The zero-order valence-electron chi connectivity index (χ0n) is 8.94. The van der Waals surface area contributed by atoms with E-state index in [4.69, 9.17) is 0 Å². The van der Waals surface area contributed by atoms with Gasteiger partial charge in [0.1, 0.15) is 5.01 Å². The second kappa shape index (κ2) is 4.99. The first-order valence-electron chi connectivity index (χ1n) is 5.23. The maximum absolute atomic E-state index is 12.0. The van der Waals surface area contributed by atoms with Crippen LogP contribution in [0.3, 0.4) is 0 Å². The van der Waals surface area contributed by atoms with Gasteiger partial charge in [-0.15, -0.1) is 21.5 Å². The van der Waals surface area contributed by atoms with Gasteiger partial charge in [-0.05, 0) is 50.8 Å². The molecule has 1 saturated carbocycles. The van der Waals surface area contributed by atoms with Gasteiger partial charge in [0, 0.05) is 10.4 Å². The minimum atomic E-state index is -0.148. The molecule has 1 N–H and O–H groups in total. The molecule has 94 valence electrons. The number of carbonyl (C=O) groups is 1. The normalized spacial score (nSPS) is 14.8. The summed E-state index contributed by atoms with van der Waals surface area (Å²) in [5.41, 5.74) is 0. The summed E-state index contributed by atoms with van der Waals surface area (Å²) in [7, 11) is 0. The van der Waals surface area contributed by atoms with Crippen molar-refractivity contribution in [3.63, 3.8) is 0 Å². The number of anilines is 1. The molecule has 2 aromatic rings. The molecule has 4 nitrogen and oxygen atoms in total. The lowest BCUT2D eigenvalue weighted by Crippen LogP contribution is -2.09. The minimum Gasteiger partial charge on any atom is -0.296 e. The SMILES string of the molecule is O=C(Nc1nnc(C2CC2)s1)c1cc(Br)c(Br)s1. The second-order valence-corrected chi connectivity index (χ2v) is 8.14. The first-order chi connectivity index (χ1) is 8.63. The molecule has 0 radical (unpaired) electrons. The third-order valence-corrected chi connectivity index (χ3v) is 6.71. The van der Waals surface area contributed by atoms with Crippen molar-refractivity contribution in [2.24, 2.45) is 0 Å². The fourth-order valence-corrected chi connectivity index (χ4v) is 4.24. The van der Waals surface area contributed by atoms with E-state index in [1.807, 2.05) is 0 Å². The molecule has 1 aliphatic rings. The van der Waals surface area contributed by atoms with Crippen LogP contribution in [0.2, 0.25) is 0 Å². The van der Waals surface area contributed by atoms with Crippen LogP contribution in [0.5, 0.6) is 0 Å². The molecule has 2 aromatic heterocycles. The number of hydrogen-bond acceptors (Lipinski definition) is 5. The first kappa shape index (κ1) is 12.7. The van der Waals surface area contributed by atoms with Crippen LogP contribution in [-0.4, -0.2) is 16.1 Å². The molecule has 0 spiro atoms. The van der Waals surface area contributed by atoms with E-state index in [0.29, 0.717) is 15.9 Å². The Morgan fingerprint density at radius 3 is 2.72 bits per heavy atom. The highest BCUT2D eigenvalue weighted by Crippen LogP contribution is 2.42. The summed E-state index contributed by atoms with van der Waals surface area (Å²) in [6.07, 6.45) is 2.38. The first-order valence-corrected chi connectivity index (χ1v) is 8.45. The monoisotopic (exact) mass is 407 g/mol. The molecule has 0 unspecified atom stereocenters. The molecule has 2 heterocycles. The van der Waals surface area contributed by atoms with Gasteiger partial charge in [0.25, 0.3) is 5.91 Å². The van der Waals surface area contributed by atoms with Crippen molar-refractivity contribution in [3.05, 3.63) is 24.2 Å². The van der Waals surface area contributed by atoms with Gasteiger partial charge in [0.15, 0.2) is 0 Å². The average molecular weight is 409 g/mol. The Bertz CT molecular complexity index is 587. The van der Waals surface area contributed by atoms with Gasteiger partial charge in [-0.1, -0.05) is 11.3 Å². The van der Waals surface area contributed by atoms with E-state index in [0.717, 1.165) is 13.3 Å². The zero-order valence-corrected chi connectivity index (χ0v) is 13.7. The van der Waals surface area contributed by atoms with Crippen LogP contribution in [0.15, 0.2) is 14.3 Å². The Morgan fingerprint density at radius 2 is 2.11 bits per heavy atom. The lowest BCUT2D eigenvalue weighted by atomic mass is 10.4. The van der Waals surface area contributed by atoms with E-state index in [9.17, 15) is 4.79 Å². The number of nitrogens with zero attached hydrogens (tertiary/aromatic N) is 2. The van der Waals surface area contributed by atoms with Crippen LogP contribution >= 0.6 is 54.5 Å². The second-order valence-electron chi connectivity index (χ2n) is 3.91. The molecule has 1 amide bonds. The minimum absolute atomic E-state index is 0.148. The standard InChI is InChI=1S/C10H7Br2N3OS2/c11-5-3-6(17-7(5)12)8(16)13-10-15-14-9(18-10)4-1-2-4/h3-4H,1-2H2,(H,13,15,16). The summed E-state index contributed by atoms with van der Waals surface area (Å²) in [5.74, 6) is 0.420. The van der Waals surface area contributed by atoms with Gasteiger partial charge in [-0.3, -0.25) is 10.1 Å². The number of amides is 1. The lowest BCUT2D eigenvalue weighted by molar-refractivity contribution is 0.103. The van der Waals surface area contributed by atoms with Gasteiger partial charge in [0.2, 0.25) is 5.13 Å². The molecule has 8 heteroatoms. The maximum atomic E-state index is 12.0. The molecule has 0 aliphatic heterocycles. The smallest absolute Gasteiger partial charge is 0.267 e. The summed E-state index contributed by atoms with van der Waals surface area (Å²) in [4.78, 5) is 12.6. The third kappa shape index (κ3) is 2.66. The van der Waals surface area contributed by atoms with Gasteiger partial charge >= 0.3 is 0 Å². The average Bonchev–Trinajstić information content (AvgIpc) is 3.00. The summed E-state index contributed by atoms with van der Waals surface area (Å²) in [6, 6.07) is 1.78. The fraction of sp³-hybridized carbons (Fsp3) is 0.300. The molecule has 0 aromatic carbocycles. The predicted molar refractivity (Wildman–Crippen MR) is 79.6 cm³/mol. The van der Waals surface area contributed by atoms with Gasteiger partial charge in [-0.25, -0.2) is 0 Å². The maximum Gasteiger partial charge on any atom is 0.267 e. The highest BCUT2D eigenvalue weighted by molar-refractivity contribution is 9.13. The van der Waals surface area contributed by atoms with Gasteiger partial charge < -0.3 is 0 Å². The number of halogens is 2. The van der Waals surface area contributed by atoms with Crippen molar-refractivity contribution in [2.45, 2.75) is 18.8 Å². The molecule has 3 rings (SSSR count). The lowest BCUT2D eigenvalue weighted by Gasteiger charge is -1.96. The number of hydrogen-bond donors (Lipinski definition) is 1. The van der Waals surface area contributed by atoms with Crippen LogP contribution in [-0.2, 0) is 0 Å². The Kier molecular flexibility index (Phi) is 3.52. The highest BCUT2D eigenvalue weighted by atomic mass is 79.9. The predicted octanol–water partition coefficient (Wildman–Crippen LogP) is 4.25. The van der Waals surface area contributed by atoms with Crippen molar-refractivity contribution in [1.82, 2.24) is 10.2 Å². The number of aromatic nitrogens is 2. The van der Waals surface area contributed by atoms with Crippen LogP contribution in [0, 0.1) is 0 Å². The number of carbonyl (C=O) groups excluding carboxylic acids is 1. The molecule has 18 heavy (non-hydrogen) atoms. The van der Waals surface area contributed by atoms with Gasteiger partial charge in [-0.2, -0.15) is 0 Å². The Hall–Kier alpha value is -0.310. The fourth-order valence-electron chi connectivity index (χ4n) is 1.40. The van der Waals surface area contributed by atoms with Crippen molar-refractivity contribution < 1.29 is 4.79 Å². The van der Waals surface area contributed by atoms with E-state index in [1.54, 1.807) is 6.07 Å². The third-order valence-electron chi connectivity index (χ3n) is 2.46. The highest BCUT2D eigenvalue weighted by Gasteiger charge is 2.27. The van der Waals surface area contributed by atoms with Crippen molar-refractivity contribution in [1.29, 1.82) is 0 Å². The topological polar surface area (TPSA) is 54.9 Å². The van der Waals surface area contributed by atoms with Crippen LogP contribution in [0.4, 0.5) is 5.13 Å². The molecular weight excluding hydrogens is 402 g/mol. The van der Waals surface area contributed by atoms with Crippen LogP contribution in [0.25, 0.3) is 0 Å². The summed E-state index contributed by atoms with van der Waals surface area (Å²) < 4.78 is 1.79. The number of nitrogens with one attached hydrogen (secondary N) is 1. The largest absolute Gasteiger partial charge is 0.296 e. The Balaban J connectivity index is 1.72. The molecule has 1 fully saturated rings. The summed E-state index contributed by atoms with van der Waals surface area (Å²) >= 11 is 9.57. The molecule has 1 aliphatic carbocycles. The van der Waals surface area contributed by atoms with Crippen LogP contribution < -0.4 is 5.32 Å². The van der Waals surface area contributed by atoms with Crippen LogP contribution in [0.1, 0.15) is 33.4 Å². The Labute approximate surface area is 128 Å². The quantitative estimate of drug-likeness (QED) is 0.825. The van der Waals surface area contributed by atoms with E-state index in [-0.39, 0.29) is 5.91 Å². The van der Waals surface area contributed by atoms with Crippen molar-refractivity contribution in [3.8, 4) is 0 Å². The van der Waals surface area contributed by atoms with Gasteiger partial charge in [0.05, 0.1) is 8.66 Å². The Morgan fingerprint density at radius 1 is 1.33 bits per heavy atom. The van der Waals surface area contributed by atoms with E-state index < -0.39 is 0 Å². The molecular formula is C10H7Br2N3OS2. The van der Waals surface area contributed by atoms with Crippen molar-refractivity contribution in [2.75, 3.05) is 5.32 Å².